The van der Waals surface area contributed by atoms with Crippen molar-refractivity contribution in [2.45, 2.75) is 38.1 Å². The minimum absolute atomic E-state index is 0.0128. The number of carbonyl (C=O) groups is 1. The molecule has 0 saturated carbocycles. The molecule has 1 aliphatic heterocycles. The smallest absolute Gasteiger partial charge is 0.223 e. The van der Waals surface area contributed by atoms with Crippen molar-refractivity contribution in [3.8, 4) is 0 Å². The molecule has 4 rings (SSSR count). The standard InChI is InChI=1S/C25H25FN2O/c26-22-12-5-4-10-20(22)18-21-11-6-13-23(27-21)24-14-7-17-28(24)25(29)16-15-19-8-2-1-3-9-19/h1-6,8-13,24H,7,14-18H2/t24-/m0/s1. The van der Waals surface area contributed by atoms with Gasteiger partial charge in [-0.05, 0) is 48.6 Å². The van der Waals surface area contributed by atoms with E-state index in [1.807, 2.05) is 47.4 Å². The third kappa shape index (κ3) is 4.70. The fraction of sp³-hybridized carbons (Fsp3) is 0.280. The lowest BCUT2D eigenvalue weighted by Crippen LogP contribution is -2.31. The maximum atomic E-state index is 14.0. The van der Waals surface area contributed by atoms with Crippen LogP contribution in [0.3, 0.4) is 0 Å². The van der Waals surface area contributed by atoms with E-state index in [2.05, 4.69) is 12.1 Å². The molecule has 1 aliphatic rings. The Balaban J connectivity index is 1.45. The Labute approximate surface area is 171 Å². The van der Waals surface area contributed by atoms with E-state index in [9.17, 15) is 9.18 Å². The molecule has 29 heavy (non-hydrogen) atoms. The highest BCUT2D eigenvalue weighted by atomic mass is 19.1. The van der Waals surface area contributed by atoms with Gasteiger partial charge < -0.3 is 4.90 Å². The van der Waals surface area contributed by atoms with Crippen LogP contribution >= 0.6 is 0 Å². The van der Waals surface area contributed by atoms with E-state index < -0.39 is 0 Å². The van der Waals surface area contributed by atoms with E-state index in [-0.39, 0.29) is 17.8 Å². The molecule has 1 amide bonds. The summed E-state index contributed by atoms with van der Waals surface area (Å²) in [6.45, 7) is 0.775. The molecule has 148 valence electrons. The molecule has 3 aromatic rings. The molecule has 0 aliphatic carbocycles. The number of rotatable bonds is 6. The maximum absolute atomic E-state index is 14.0. The summed E-state index contributed by atoms with van der Waals surface area (Å²) in [4.78, 5) is 19.6. The van der Waals surface area contributed by atoms with Gasteiger partial charge in [0.2, 0.25) is 5.91 Å². The van der Waals surface area contributed by atoms with Crippen LogP contribution in [0.1, 0.15) is 47.8 Å². The van der Waals surface area contributed by atoms with Crippen LogP contribution in [0.15, 0.2) is 72.8 Å². The largest absolute Gasteiger partial charge is 0.334 e. The highest BCUT2D eigenvalue weighted by molar-refractivity contribution is 5.77. The summed E-state index contributed by atoms with van der Waals surface area (Å²) < 4.78 is 14.0. The summed E-state index contributed by atoms with van der Waals surface area (Å²) in [6.07, 6.45) is 3.63. The van der Waals surface area contributed by atoms with Gasteiger partial charge in [-0.3, -0.25) is 9.78 Å². The molecule has 3 nitrogen and oxygen atoms in total. The molecule has 1 aromatic heterocycles. The number of halogens is 1. The van der Waals surface area contributed by atoms with E-state index in [0.717, 1.165) is 37.2 Å². The number of amides is 1. The number of nitrogens with zero attached hydrogens (tertiary/aromatic N) is 2. The second kappa shape index (κ2) is 8.99. The van der Waals surface area contributed by atoms with Gasteiger partial charge in [-0.2, -0.15) is 0 Å². The molecule has 1 atom stereocenters. The number of pyridine rings is 1. The molecule has 2 heterocycles. The molecule has 1 saturated heterocycles. The number of hydrogen-bond donors (Lipinski definition) is 0. The molecule has 0 unspecified atom stereocenters. The van der Waals surface area contributed by atoms with Gasteiger partial charge in [0.15, 0.2) is 0 Å². The predicted molar refractivity (Wildman–Crippen MR) is 112 cm³/mol. The van der Waals surface area contributed by atoms with Gasteiger partial charge in [-0.25, -0.2) is 4.39 Å². The zero-order valence-electron chi connectivity index (χ0n) is 16.4. The number of hydrogen-bond acceptors (Lipinski definition) is 2. The molecule has 2 aromatic carbocycles. The van der Waals surface area contributed by atoms with Gasteiger partial charge in [0.1, 0.15) is 5.82 Å². The van der Waals surface area contributed by atoms with E-state index >= 15 is 0 Å². The summed E-state index contributed by atoms with van der Waals surface area (Å²) in [7, 11) is 0. The minimum atomic E-state index is -0.210. The Hall–Kier alpha value is -3.01. The van der Waals surface area contributed by atoms with Crippen LogP contribution in [-0.4, -0.2) is 22.3 Å². The molecular formula is C25H25FN2O. The number of likely N-dealkylation sites (tertiary alicyclic amines) is 1. The van der Waals surface area contributed by atoms with Gasteiger partial charge in [0.25, 0.3) is 0 Å². The summed E-state index contributed by atoms with van der Waals surface area (Å²) in [5.41, 5.74) is 3.56. The first-order chi connectivity index (χ1) is 14.2. The SMILES string of the molecule is O=C(CCc1ccccc1)N1CCC[C@H]1c1cccc(Cc2ccccc2F)n1. The lowest BCUT2D eigenvalue weighted by molar-refractivity contribution is -0.132. The van der Waals surface area contributed by atoms with Gasteiger partial charge in [0.05, 0.1) is 11.7 Å². The monoisotopic (exact) mass is 388 g/mol. The third-order valence-corrected chi connectivity index (χ3v) is 5.54. The first-order valence-corrected chi connectivity index (χ1v) is 10.2. The Morgan fingerprint density at radius 2 is 1.79 bits per heavy atom. The van der Waals surface area contributed by atoms with Crippen LogP contribution in [0, 0.1) is 5.82 Å². The van der Waals surface area contributed by atoms with E-state index in [1.165, 1.54) is 11.6 Å². The number of carbonyl (C=O) groups excluding carboxylic acids is 1. The van der Waals surface area contributed by atoms with Crippen molar-refractivity contribution in [3.63, 3.8) is 0 Å². The molecule has 0 radical (unpaired) electrons. The van der Waals surface area contributed by atoms with Crippen molar-refractivity contribution in [1.29, 1.82) is 0 Å². The fourth-order valence-electron chi connectivity index (χ4n) is 4.03. The molecule has 0 N–H and O–H groups in total. The Kier molecular flexibility index (Phi) is 5.99. The van der Waals surface area contributed by atoms with Gasteiger partial charge >= 0.3 is 0 Å². The zero-order chi connectivity index (χ0) is 20.1. The quantitative estimate of drug-likeness (QED) is 0.588. The predicted octanol–water partition coefficient (Wildman–Crippen LogP) is 5.11. The van der Waals surface area contributed by atoms with Gasteiger partial charge in [-0.1, -0.05) is 54.6 Å². The van der Waals surface area contributed by atoms with Crippen LogP contribution in [-0.2, 0) is 17.6 Å². The van der Waals surface area contributed by atoms with E-state index in [4.69, 9.17) is 4.98 Å². The van der Waals surface area contributed by atoms with E-state index in [0.29, 0.717) is 18.4 Å². The first kappa shape index (κ1) is 19.3. The normalized spacial score (nSPS) is 16.2. The van der Waals surface area contributed by atoms with Crippen LogP contribution in [0.2, 0.25) is 0 Å². The maximum Gasteiger partial charge on any atom is 0.223 e. The second-order valence-corrected chi connectivity index (χ2v) is 7.55. The summed E-state index contributed by atoms with van der Waals surface area (Å²) in [6, 6.07) is 22.8. The Morgan fingerprint density at radius 3 is 2.62 bits per heavy atom. The Morgan fingerprint density at radius 1 is 1.00 bits per heavy atom. The number of aryl methyl sites for hydroxylation is 1. The Bertz CT molecular complexity index is 973. The van der Waals surface area contributed by atoms with Crippen LogP contribution < -0.4 is 0 Å². The summed E-state index contributed by atoms with van der Waals surface area (Å²) >= 11 is 0. The second-order valence-electron chi connectivity index (χ2n) is 7.55. The van der Waals surface area contributed by atoms with Crippen molar-refractivity contribution in [2.24, 2.45) is 0 Å². The highest BCUT2D eigenvalue weighted by Crippen LogP contribution is 2.32. The molecule has 0 spiro atoms. The molecule has 1 fully saturated rings. The fourth-order valence-corrected chi connectivity index (χ4v) is 4.03. The summed E-state index contributed by atoms with van der Waals surface area (Å²) in [5.74, 6) is -0.0315. The lowest BCUT2D eigenvalue weighted by Gasteiger charge is -2.25. The number of benzene rings is 2. The van der Waals surface area contributed by atoms with Crippen molar-refractivity contribution in [3.05, 3.63) is 101 Å². The van der Waals surface area contributed by atoms with Crippen LogP contribution in [0.5, 0.6) is 0 Å². The number of aromatic nitrogens is 1. The lowest BCUT2D eigenvalue weighted by atomic mass is 10.1. The molecule has 4 heteroatoms. The molecule has 0 bridgehead atoms. The molecular weight excluding hydrogens is 363 g/mol. The first-order valence-electron chi connectivity index (χ1n) is 10.2. The average Bonchev–Trinajstić information content (AvgIpc) is 3.25. The third-order valence-electron chi connectivity index (χ3n) is 5.54. The summed E-state index contributed by atoms with van der Waals surface area (Å²) in [5, 5.41) is 0. The average molecular weight is 388 g/mol. The van der Waals surface area contributed by atoms with Crippen molar-refractivity contribution >= 4 is 5.91 Å². The van der Waals surface area contributed by atoms with Gasteiger partial charge in [0, 0.05) is 25.1 Å². The van der Waals surface area contributed by atoms with Crippen LogP contribution in [0.25, 0.3) is 0 Å². The van der Waals surface area contributed by atoms with E-state index in [1.54, 1.807) is 12.1 Å². The van der Waals surface area contributed by atoms with Gasteiger partial charge in [-0.15, -0.1) is 0 Å². The van der Waals surface area contributed by atoms with Crippen molar-refractivity contribution in [2.75, 3.05) is 6.54 Å². The van der Waals surface area contributed by atoms with Crippen LogP contribution in [0.4, 0.5) is 4.39 Å². The zero-order valence-corrected chi connectivity index (χ0v) is 16.4. The topological polar surface area (TPSA) is 33.2 Å². The highest BCUT2D eigenvalue weighted by Gasteiger charge is 2.30. The van der Waals surface area contributed by atoms with Crippen molar-refractivity contribution in [1.82, 2.24) is 9.88 Å². The minimum Gasteiger partial charge on any atom is -0.334 e. The van der Waals surface area contributed by atoms with Crippen molar-refractivity contribution < 1.29 is 9.18 Å².